The molecule has 112 valence electrons. The zero-order chi connectivity index (χ0) is 15.1. The summed E-state index contributed by atoms with van der Waals surface area (Å²) in [6, 6.07) is 13.4. The summed E-state index contributed by atoms with van der Waals surface area (Å²) in [6.07, 6.45) is 0. The second kappa shape index (κ2) is 7.90. The van der Waals surface area contributed by atoms with E-state index in [4.69, 9.17) is 19.9 Å². The molecule has 2 aromatic carbocycles. The van der Waals surface area contributed by atoms with Gasteiger partial charge >= 0.3 is 0 Å². The van der Waals surface area contributed by atoms with Crippen molar-refractivity contribution < 1.29 is 14.2 Å². The molecule has 0 aliphatic rings. The molecule has 0 amide bonds. The third kappa shape index (κ3) is 4.37. The number of hydrogen-bond donors (Lipinski definition) is 1. The van der Waals surface area contributed by atoms with Crippen molar-refractivity contribution in [1.29, 1.82) is 0 Å². The second-order valence-corrected chi connectivity index (χ2v) is 5.22. The minimum absolute atomic E-state index is 0.402. The first-order valence-electron chi connectivity index (χ1n) is 6.61. The lowest BCUT2D eigenvalue weighted by molar-refractivity contribution is 0.210. The van der Waals surface area contributed by atoms with Gasteiger partial charge in [-0.2, -0.15) is 0 Å². The molecule has 0 spiro atoms. The van der Waals surface area contributed by atoms with Crippen LogP contribution in [0.15, 0.2) is 46.9 Å². The molecule has 0 bridgehead atoms. The van der Waals surface area contributed by atoms with Crippen LogP contribution in [0, 0.1) is 0 Å². The van der Waals surface area contributed by atoms with Crippen molar-refractivity contribution in [1.82, 2.24) is 0 Å². The van der Waals surface area contributed by atoms with Gasteiger partial charge in [-0.25, -0.2) is 0 Å². The molecule has 2 aromatic rings. The topological polar surface area (TPSA) is 53.7 Å². The molecule has 0 saturated heterocycles. The van der Waals surface area contributed by atoms with Crippen LogP contribution in [0.5, 0.6) is 17.2 Å². The van der Waals surface area contributed by atoms with E-state index < -0.39 is 0 Å². The Morgan fingerprint density at radius 3 is 2.52 bits per heavy atom. The van der Waals surface area contributed by atoms with E-state index in [-0.39, 0.29) is 0 Å². The van der Waals surface area contributed by atoms with Crippen molar-refractivity contribution in [2.45, 2.75) is 6.54 Å². The molecule has 4 nitrogen and oxygen atoms in total. The first kappa shape index (κ1) is 15.7. The fraction of sp³-hybridized carbons (Fsp3) is 0.250. The lowest BCUT2D eigenvalue weighted by atomic mass is 10.2. The van der Waals surface area contributed by atoms with Gasteiger partial charge in [0.05, 0.1) is 7.11 Å². The van der Waals surface area contributed by atoms with Gasteiger partial charge in [0.25, 0.3) is 0 Å². The van der Waals surface area contributed by atoms with E-state index in [0.717, 1.165) is 15.8 Å². The summed E-state index contributed by atoms with van der Waals surface area (Å²) in [4.78, 5) is 0. The van der Waals surface area contributed by atoms with Crippen molar-refractivity contribution in [2.24, 2.45) is 5.73 Å². The van der Waals surface area contributed by atoms with Crippen molar-refractivity contribution in [3.8, 4) is 17.2 Å². The predicted octanol–water partition coefficient (Wildman–Crippen LogP) is 3.37. The van der Waals surface area contributed by atoms with Crippen LogP contribution < -0.4 is 19.9 Å². The van der Waals surface area contributed by atoms with Crippen LogP contribution in [-0.2, 0) is 6.54 Å². The van der Waals surface area contributed by atoms with Crippen molar-refractivity contribution in [3.63, 3.8) is 0 Å². The lowest BCUT2D eigenvalue weighted by Crippen LogP contribution is -2.11. The number of para-hydroxylation sites is 1. The molecule has 5 heteroatoms. The monoisotopic (exact) mass is 351 g/mol. The molecule has 0 radical (unpaired) electrons. The predicted molar refractivity (Wildman–Crippen MR) is 86.0 cm³/mol. The molecule has 2 rings (SSSR count). The number of methoxy groups -OCH3 is 1. The Hall–Kier alpha value is -1.72. The van der Waals surface area contributed by atoms with E-state index in [2.05, 4.69) is 15.9 Å². The Kier molecular flexibility index (Phi) is 5.90. The van der Waals surface area contributed by atoms with Crippen LogP contribution in [-0.4, -0.2) is 20.3 Å². The van der Waals surface area contributed by atoms with Gasteiger partial charge in [0.15, 0.2) is 11.5 Å². The number of rotatable bonds is 7. The van der Waals surface area contributed by atoms with Crippen LogP contribution in [0.2, 0.25) is 0 Å². The van der Waals surface area contributed by atoms with E-state index in [0.29, 0.717) is 31.3 Å². The summed E-state index contributed by atoms with van der Waals surface area (Å²) in [6.45, 7) is 1.26. The number of ether oxygens (including phenoxy) is 3. The van der Waals surface area contributed by atoms with Crippen LogP contribution in [0.4, 0.5) is 0 Å². The first-order chi connectivity index (χ1) is 10.2. The normalized spacial score (nSPS) is 10.2. The Morgan fingerprint density at radius 1 is 1.05 bits per heavy atom. The van der Waals surface area contributed by atoms with Gasteiger partial charge in [0.1, 0.15) is 19.0 Å². The van der Waals surface area contributed by atoms with Crippen molar-refractivity contribution in [3.05, 3.63) is 52.5 Å². The van der Waals surface area contributed by atoms with Crippen molar-refractivity contribution >= 4 is 15.9 Å². The maximum atomic E-state index is 5.76. The Balaban J connectivity index is 1.91. The van der Waals surface area contributed by atoms with Crippen LogP contribution in [0.1, 0.15) is 5.56 Å². The molecule has 2 N–H and O–H groups in total. The molecule has 0 heterocycles. The van der Waals surface area contributed by atoms with E-state index in [9.17, 15) is 0 Å². The molecular formula is C16H18BrNO3. The van der Waals surface area contributed by atoms with E-state index >= 15 is 0 Å². The van der Waals surface area contributed by atoms with Gasteiger partial charge in [-0.3, -0.25) is 0 Å². The van der Waals surface area contributed by atoms with Gasteiger partial charge < -0.3 is 19.9 Å². The van der Waals surface area contributed by atoms with Gasteiger partial charge in [-0.1, -0.05) is 34.1 Å². The third-order valence-electron chi connectivity index (χ3n) is 2.89. The molecule has 0 atom stereocenters. The third-order valence-corrected chi connectivity index (χ3v) is 3.39. The highest BCUT2D eigenvalue weighted by molar-refractivity contribution is 9.10. The number of nitrogens with two attached hydrogens (primary N) is 1. The number of benzene rings is 2. The zero-order valence-corrected chi connectivity index (χ0v) is 13.4. The fourth-order valence-corrected chi connectivity index (χ4v) is 2.28. The molecule has 0 fully saturated rings. The van der Waals surface area contributed by atoms with Gasteiger partial charge in [-0.15, -0.1) is 0 Å². The second-order valence-electron chi connectivity index (χ2n) is 4.31. The van der Waals surface area contributed by atoms with Crippen molar-refractivity contribution in [2.75, 3.05) is 20.3 Å². The smallest absolute Gasteiger partial charge is 0.165 e. The van der Waals surface area contributed by atoms with Crippen LogP contribution in [0.3, 0.4) is 0 Å². The minimum Gasteiger partial charge on any atom is -0.493 e. The van der Waals surface area contributed by atoms with E-state index in [1.54, 1.807) is 7.11 Å². The van der Waals surface area contributed by atoms with Gasteiger partial charge in [-0.05, 0) is 24.3 Å². The highest BCUT2D eigenvalue weighted by atomic mass is 79.9. The maximum absolute atomic E-state index is 5.76. The Labute approximate surface area is 132 Å². The number of halogens is 1. The molecule has 0 aliphatic heterocycles. The fourth-order valence-electron chi connectivity index (χ4n) is 1.91. The summed E-state index contributed by atoms with van der Waals surface area (Å²) in [5, 5.41) is 0. The Morgan fingerprint density at radius 2 is 1.81 bits per heavy atom. The molecule has 0 saturated carbocycles. The lowest BCUT2D eigenvalue weighted by Gasteiger charge is -2.14. The number of hydrogen-bond acceptors (Lipinski definition) is 4. The summed E-state index contributed by atoms with van der Waals surface area (Å²) in [5.74, 6) is 2.16. The molecular weight excluding hydrogens is 334 g/mol. The summed E-state index contributed by atoms with van der Waals surface area (Å²) in [5.41, 5.74) is 6.63. The summed E-state index contributed by atoms with van der Waals surface area (Å²) >= 11 is 3.40. The summed E-state index contributed by atoms with van der Waals surface area (Å²) in [7, 11) is 1.61. The molecule has 21 heavy (non-hydrogen) atoms. The van der Waals surface area contributed by atoms with Crippen LogP contribution >= 0.6 is 15.9 Å². The standard InChI is InChI=1S/C16H18BrNO3/c1-19-15-7-2-4-12(11-18)16(15)21-9-8-20-14-6-3-5-13(17)10-14/h2-7,10H,8-9,11,18H2,1H3. The average Bonchev–Trinajstić information content (AvgIpc) is 2.51. The molecule has 0 aromatic heterocycles. The van der Waals surface area contributed by atoms with E-state index in [1.807, 2.05) is 42.5 Å². The largest absolute Gasteiger partial charge is 0.493 e. The van der Waals surface area contributed by atoms with Gasteiger partial charge in [0, 0.05) is 16.6 Å². The quantitative estimate of drug-likeness (QED) is 0.777. The zero-order valence-electron chi connectivity index (χ0n) is 11.8. The van der Waals surface area contributed by atoms with Gasteiger partial charge in [0.2, 0.25) is 0 Å². The highest BCUT2D eigenvalue weighted by Gasteiger charge is 2.09. The maximum Gasteiger partial charge on any atom is 0.165 e. The summed E-state index contributed by atoms with van der Waals surface area (Å²) < 4.78 is 17.7. The molecule has 0 aliphatic carbocycles. The highest BCUT2D eigenvalue weighted by Crippen LogP contribution is 2.30. The first-order valence-corrected chi connectivity index (χ1v) is 7.41. The van der Waals surface area contributed by atoms with Crippen LogP contribution in [0.25, 0.3) is 0 Å². The van der Waals surface area contributed by atoms with E-state index in [1.165, 1.54) is 0 Å². The SMILES string of the molecule is COc1cccc(CN)c1OCCOc1cccc(Br)c1. The Bertz CT molecular complexity index is 567. The minimum atomic E-state index is 0.402. The molecule has 0 unspecified atom stereocenters. The average molecular weight is 352 g/mol.